The van der Waals surface area contributed by atoms with Gasteiger partial charge in [-0.1, -0.05) is 19.4 Å². The van der Waals surface area contributed by atoms with E-state index in [0.717, 1.165) is 67.6 Å². The van der Waals surface area contributed by atoms with Gasteiger partial charge in [0.2, 0.25) is 0 Å². The first-order valence-corrected chi connectivity index (χ1v) is 16.2. The summed E-state index contributed by atoms with van der Waals surface area (Å²) < 4.78 is 18.0. The fourth-order valence-corrected chi connectivity index (χ4v) is 6.75. The van der Waals surface area contributed by atoms with E-state index in [9.17, 15) is 14.0 Å². The van der Waals surface area contributed by atoms with Crippen molar-refractivity contribution in [2.45, 2.75) is 70.9 Å². The van der Waals surface area contributed by atoms with Crippen LogP contribution in [0.15, 0.2) is 53.7 Å². The summed E-state index contributed by atoms with van der Waals surface area (Å²) in [5.74, 6) is 1.47. The van der Waals surface area contributed by atoms with E-state index >= 15 is 0 Å². The molecule has 234 valence electrons. The molecule has 2 aliphatic carbocycles. The van der Waals surface area contributed by atoms with Gasteiger partial charge in [0.15, 0.2) is 5.82 Å². The highest BCUT2D eigenvalue weighted by atomic mass is 19.1. The maximum absolute atomic E-state index is 14.5. The van der Waals surface area contributed by atoms with E-state index in [4.69, 9.17) is 4.98 Å². The Morgan fingerprint density at radius 1 is 1.04 bits per heavy atom. The number of carbonyl (C=O) groups excluding carboxylic acids is 1. The van der Waals surface area contributed by atoms with Crippen LogP contribution in [0, 0.1) is 17.7 Å². The molecule has 1 amide bonds. The lowest BCUT2D eigenvalue weighted by atomic mass is 9.85. The van der Waals surface area contributed by atoms with Crippen LogP contribution in [0.2, 0.25) is 0 Å². The Morgan fingerprint density at radius 2 is 1.89 bits per heavy atom. The third-order valence-electron chi connectivity index (χ3n) is 9.54. The first-order valence-electron chi connectivity index (χ1n) is 16.2. The third-order valence-corrected chi connectivity index (χ3v) is 9.54. The Labute approximate surface area is 262 Å². The minimum atomic E-state index is -0.463. The quantitative estimate of drug-likeness (QED) is 0.250. The Balaban J connectivity index is 1.23. The summed E-state index contributed by atoms with van der Waals surface area (Å²) >= 11 is 0. The van der Waals surface area contributed by atoms with Crippen molar-refractivity contribution in [3.8, 4) is 22.5 Å². The summed E-state index contributed by atoms with van der Waals surface area (Å²) in [4.78, 5) is 34.8. The molecule has 0 unspecified atom stereocenters. The number of nitrogens with one attached hydrogen (secondary N) is 1. The summed E-state index contributed by atoms with van der Waals surface area (Å²) in [6.07, 6.45) is 11.4. The zero-order valence-corrected chi connectivity index (χ0v) is 26.0. The molecule has 7 rings (SSSR count). The van der Waals surface area contributed by atoms with Crippen molar-refractivity contribution in [1.29, 1.82) is 0 Å². The number of anilines is 1. The molecule has 1 aromatic carbocycles. The van der Waals surface area contributed by atoms with Gasteiger partial charge in [-0.25, -0.2) is 9.37 Å². The molecule has 1 atom stereocenters. The number of hydrogen-bond acceptors (Lipinski definition) is 6. The van der Waals surface area contributed by atoms with Gasteiger partial charge in [0.25, 0.3) is 11.5 Å². The molecule has 4 aromatic rings. The molecular weight excluding hydrogens is 569 g/mol. The number of pyridine rings is 2. The van der Waals surface area contributed by atoms with E-state index in [1.807, 2.05) is 19.3 Å². The number of aromatic nitrogens is 5. The Kier molecular flexibility index (Phi) is 8.08. The zero-order chi connectivity index (χ0) is 31.1. The Morgan fingerprint density at radius 3 is 2.60 bits per heavy atom. The second kappa shape index (κ2) is 12.3. The number of aryl methyl sites for hydroxylation is 1. The van der Waals surface area contributed by atoms with Crippen LogP contribution in [0.25, 0.3) is 22.5 Å². The molecule has 45 heavy (non-hydrogen) atoms. The lowest BCUT2D eigenvalue weighted by molar-refractivity contribution is 0.102. The molecule has 0 spiro atoms. The van der Waals surface area contributed by atoms with Crippen LogP contribution in [-0.2, 0) is 20.1 Å². The maximum atomic E-state index is 14.5. The van der Waals surface area contributed by atoms with Crippen LogP contribution < -0.4 is 10.9 Å². The van der Waals surface area contributed by atoms with E-state index in [-0.39, 0.29) is 16.9 Å². The van der Waals surface area contributed by atoms with Crippen molar-refractivity contribution < 1.29 is 9.18 Å². The number of hydrogen-bond donors (Lipinski definition) is 1. The summed E-state index contributed by atoms with van der Waals surface area (Å²) in [6.45, 7) is 5.67. The largest absolute Gasteiger partial charge is 0.317 e. The molecule has 0 radical (unpaired) electrons. The molecule has 3 aliphatic rings. The fourth-order valence-electron chi connectivity index (χ4n) is 6.75. The number of carbonyl (C=O) groups is 1. The van der Waals surface area contributed by atoms with Gasteiger partial charge in [-0.2, -0.15) is 0 Å². The standard InChI is InChI=1S/C35H40FN7O2/c1-22-5-4-12-42(17-22)18-24-13-30(35(45)43(20-24)19-23-6-3-7-23)34(44)39-32-15-26(14-31(38-32)25-8-9-25)28-11-10-27(36)16-29(28)33-40-37-21-41(33)2/h10-11,13-16,20-23,25H,3-9,12,17-19H2,1-2H3,(H,38,39,44)/t22-/m0/s1. The second-order valence-corrected chi connectivity index (χ2v) is 13.3. The molecule has 2 saturated carbocycles. The van der Waals surface area contributed by atoms with E-state index in [2.05, 4.69) is 27.3 Å². The number of likely N-dealkylation sites (tertiary alicyclic amines) is 1. The molecule has 4 heterocycles. The summed E-state index contributed by atoms with van der Waals surface area (Å²) in [5, 5.41) is 11.2. The number of nitrogens with zero attached hydrogens (tertiary/aromatic N) is 6. The molecule has 10 heteroatoms. The van der Waals surface area contributed by atoms with E-state index in [0.29, 0.717) is 48.0 Å². The lowest BCUT2D eigenvalue weighted by Gasteiger charge is -2.31. The van der Waals surface area contributed by atoms with Crippen molar-refractivity contribution in [2.24, 2.45) is 18.9 Å². The van der Waals surface area contributed by atoms with E-state index < -0.39 is 5.91 Å². The average Bonchev–Trinajstić information content (AvgIpc) is 3.76. The van der Waals surface area contributed by atoms with E-state index in [1.165, 1.54) is 25.0 Å². The minimum absolute atomic E-state index is 0.138. The van der Waals surface area contributed by atoms with E-state index in [1.54, 1.807) is 33.7 Å². The predicted octanol–water partition coefficient (Wildman–Crippen LogP) is 6.01. The van der Waals surface area contributed by atoms with Gasteiger partial charge in [0.1, 0.15) is 23.5 Å². The van der Waals surface area contributed by atoms with Gasteiger partial charge in [-0.15, -0.1) is 10.2 Å². The highest BCUT2D eigenvalue weighted by molar-refractivity contribution is 6.04. The van der Waals surface area contributed by atoms with Gasteiger partial charge >= 0.3 is 0 Å². The molecular formula is C35H40FN7O2. The maximum Gasteiger partial charge on any atom is 0.263 e. The highest BCUT2D eigenvalue weighted by Crippen LogP contribution is 2.42. The highest BCUT2D eigenvalue weighted by Gasteiger charge is 2.28. The van der Waals surface area contributed by atoms with Crippen molar-refractivity contribution in [3.05, 3.63) is 81.9 Å². The average molecular weight is 610 g/mol. The van der Waals surface area contributed by atoms with Crippen LogP contribution in [0.4, 0.5) is 10.2 Å². The van der Waals surface area contributed by atoms with Crippen LogP contribution >= 0.6 is 0 Å². The smallest absolute Gasteiger partial charge is 0.263 e. The Hall–Kier alpha value is -4.18. The number of piperidine rings is 1. The normalized spacial score (nSPS) is 19.0. The molecule has 1 saturated heterocycles. The molecule has 0 bridgehead atoms. The third kappa shape index (κ3) is 6.47. The molecule has 3 fully saturated rings. The first-order chi connectivity index (χ1) is 21.8. The van der Waals surface area contributed by atoms with Gasteiger partial charge in [-0.05, 0) is 104 Å². The van der Waals surface area contributed by atoms with Crippen LogP contribution in [0.3, 0.4) is 0 Å². The number of halogens is 1. The van der Waals surface area contributed by atoms with Crippen molar-refractivity contribution in [1.82, 2.24) is 29.2 Å². The van der Waals surface area contributed by atoms with Crippen LogP contribution in [0.5, 0.6) is 0 Å². The molecule has 1 aliphatic heterocycles. The molecule has 9 nitrogen and oxygen atoms in total. The summed E-state index contributed by atoms with van der Waals surface area (Å²) in [7, 11) is 1.82. The number of amides is 1. The predicted molar refractivity (Wildman–Crippen MR) is 171 cm³/mol. The van der Waals surface area contributed by atoms with Crippen molar-refractivity contribution in [2.75, 3.05) is 18.4 Å². The Bertz CT molecular complexity index is 1790. The summed E-state index contributed by atoms with van der Waals surface area (Å²) in [5.41, 5.74) is 3.86. The topological polar surface area (TPSA) is 97.9 Å². The van der Waals surface area contributed by atoms with Gasteiger partial charge in [-0.3, -0.25) is 14.5 Å². The second-order valence-electron chi connectivity index (χ2n) is 13.3. The number of benzene rings is 1. The monoisotopic (exact) mass is 609 g/mol. The molecule has 3 aromatic heterocycles. The zero-order valence-electron chi connectivity index (χ0n) is 26.0. The van der Waals surface area contributed by atoms with Crippen LogP contribution in [0.1, 0.15) is 79.4 Å². The first kappa shape index (κ1) is 29.5. The van der Waals surface area contributed by atoms with Gasteiger partial charge < -0.3 is 14.5 Å². The van der Waals surface area contributed by atoms with Gasteiger partial charge in [0, 0.05) is 50.1 Å². The van der Waals surface area contributed by atoms with Crippen LogP contribution in [-0.4, -0.2) is 48.2 Å². The minimum Gasteiger partial charge on any atom is -0.317 e. The summed E-state index contributed by atoms with van der Waals surface area (Å²) in [6, 6.07) is 10.2. The van der Waals surface area contributed by atoms with Crippen molar-refractivity contribution >= 4 is 11.7 Å². The number of rotatable bonds is 9. The fraction of sp³-hybridized carbons (Fsp3) is 0.457. The SMILES string of the molecule is C[C@H]1CCCN(Cc2cc(C(=O)Nc3cc(-c4ccc(F)cc4-c4nncn4C)cc(C4CC4)n3)c(=O)n(CC3CCC3)c2)C1. The van der Waals surface area contributed by atoms with Crippen molar-refractivity contribution in [3.63, 3.8) is 0 Å². The lowest BCUT2D eigenvalue weighted by Crippen LogP contribution is -2.36. The molecule has 1 N–H and O–H groups in total. The van der Waals surface area contributed by atoms with Gasteiger partial charge in [0.05, 0.1) is 0 Å².